The van der Waals surface area contributed by atoms with E-state index in [1.54, 1.807) is 0 Å². The average Bonchev–Trinajstić information content (AvgIpc) is 0. The molecule has 0 aliphatic carbocycles. The molecule has 0 radical (unpaired) electrons. The van der Waals surface area contributed by atoms with Crippen molar-refractivity contribution in [3.05, 3.63) is 24.6 Å². The van der Waals surface area contributed by atoms with Crippen molar-refractivity contribution in [1.29, 1.82) is 0 Å². The van der Waals surface area contributed by atoms with E-state index in [4.69, 9.17) is 0 Å². The molecule has 0 saturated carbocycles. The molecule has 4 nitrogen and oxygen atoms in total. The SMILES string of the molecule is [Ge+4].[Ge+4].[Ge+4].[N-3].[N-3].[N-3].[N-3]. The topological polar surface area (TPSA) is 122 Å². The van der Waals surface area contributed by atoms with Gasteiger partial charge in [-0.2, -0.15) is 0 Å². The molecule has 0 bridgehead atoms. The third-order valence-corrected chi connectivity index (χ3v) is 0. The summed E-state index contributed by atoms with van der Waals surface area (Å²) in [6, 6.07) is 0. The van der Waals surface area contributed by atoms with E-state index in [2.05, 4.69) is 0 Å². The number of rotatable bonds is 0. The molecule has 0 amide bonds. The maximum atomic E-state index is 0. The minimum atomic E-state index is 0. The van der Waals surface area contributed by atoms with E-state index in [1.807, 2.05) is 0 Å². The summed E-state index contributed by atoms with van der Waals surface area (Å²) in [6.45, 7) is 0. The second kappa shape index (κ2) is 145. The molecule has 0 aliphatic heterocycles. The molecular formula is Ge3N4. The summed E-state index contributed by atoms with van der Waals surface area (Å²) in [6.07, 6.45) is 0. The Hall–Kier alpha value is 1.47. The van der Waals surface area contributed by atoms with Gasteiger partial charge in [-0.05, 0) is 0 Å². The van der Waals surface area contributed by atoms with Gasteiger partial charge >= 0.3 is 52.8 Å². The zero-order valence-electron chi connectivity index (χ0n) is 3.29. The number of hydrogen-bond donors (Lipinski definition) is 0. The first-order chi connectivity index (χ1) is 0. The zero-order chi connectivity index (χ0) is 0. The Bertz CT molecular complexity index is 6.90. The van der Waals surface area contributed by atoms with Crippen LogP contribution in [0.1, 0.15) is 0 Å². The van der Waals surface area contributed by atoms with Crippen LogP contribution in [0.2, 0.25) is 0 Å². The Morgan fingerprint density at radius 2 is 0.286 bits per heavy atom. The van der Waals surface area contributed by atoms with E-state index in [0.717, 1.165) is 0 Å². The van der Waals surface area contributed by atoms with Crippen LogP contribution in [-0.2, 0) is 0 Å². The predicted molar refractivity (Wildman–Crippen MR) is 30.7 cm³/mol. The van der Waals surface area contributed by atoms with Gasteiger partial charge in [0.25, 0.3) is 0 Å². The molecule has 0 atom stereocenters. The first kappa shape index (κ1) is 219. The Morgan fingerprint density at radius 1 is 0.286 bits per heavy atom. The maximum Gasteiger partial charge on any atom is 4.00 e. The molecule has 0 aliphatic rings. The smallest absolute Gasteiger partial charge is 3.00 e. The molecule has 0 aromatic heterocycles. The van der Waals surface area contributed by atoms with Crippen molar-refractivity contribution in [3.63, 3.8) is 0 Å². The Balaban J connectivity index is 0. The normalized spacial score (nSPS) is 0. The van der Waals surface area contributed by atoms with Crippen LogP contribution < -0.4 is 0 Å². The van der Waals surface area contributed by atoms with Crippen LogP contribution in [0.5, 0.6) is 0 Å². The molecule has 32 valence electrons. The van der Waals surface area contributed by atoms with E-state index < -0.39 is 0 Å². The molecule has 0 rings (SSSR count). The largest absolute Gasteiger partial charge is 4.00 e. The average molecular weight is 274 g/mol. The second-order valence-electron chi connectivity index (χ2n) is 0. The summed E-state index contributed by atoms with van der Waals surface area (Å²) >= 11 is 0. The van der Waals surface area contributed by atoms with Gasteiger partial charge in [0.05, 0.1) is 0 Å². The molecule has 0 fully saturated rings. The van der Waals surface area contributed by atoms with Crippen molar-refractivity contribution in [2.75, 3.05) is 0 Å². The van der Waals surface area contributed by atoms with Gasteiger partial charge in [-0.3, -0.25) is 0 Å². The summed E-state index contributed by atoms with van der Waals surface area (Å²) in [5, 5.41) is 0. The van der Waals surface area contributed by atoms with E-state index >= 15 is 0 Å². The van der Waals surface area contributed by atoms with Crippen molar-refractivity contribution >= 4 is 52.8 Å². The van der Waals surface area contributed by atoms with E-state index in [-0.39, 0.29) is 77.4 Å². The zero-order valence-corrected chi connectivity index (χ0v) is 9.58. The first-order valence-electron chi connectivity index (χ1n) is 0. The van der Waals surface area contributed by atoms with Crippen molar-refractivity contribution in [1.82, 2.24) is 0 Å². The van der Waals surface area contributed by atoms with Crippen LogP contribution in [0, 0.1) is 0 Å². The van der Waals surface area contributed by atoms with Crippen LogP contribution in [0.3, 0.4) is 0 Å². The first-order valence-corrected chi connectivity index (χ1v) is 0. The van der Waals surface area contributed by atoms with Crippen LogP contribution >= 0.6 is 0 Å². The van der Waals surface area contributed by atoms with Crippen LogP contribution in [0.25, 0.3) is 24.6 Å². The summed E-state index contributed by atoms with van der Waals surface area (Å²) < 4.78 is 0. The molecular weight excluding hydrogens is 274 g/mol. The van der Waals surface area contributed by atoms with Gasteiger partial charge < -0.3 is 24.6 Å². The predicted octanol–water partition coefficient (Wildman–Crippen LogP) is 0.0124. The van der Waals surface area contributed by atoms with Crippen LogP contribution in [-0.4, -0.2) is 52.8 Å². The quantitative estimate of drug-likeness (QED) is 0.552. The van der Waals surface area contributed by atoms with Gasteiger partial charge in [0, 0.05) is 0 Å². The molecule has 0 unspecified atom stereocenters. The molecule has 7 heteroatoms. The van der Waals surface area contributed by atoms with Gasteiger partial charge in [-0.15, -0.1) is 0 Å². The molecule has 7 heavy (non-hydrogen) atoms. The summed E-state index contributed by atoms with van der Waals surface area (Å²) in [5.74, 6) is 0. The van der Waals surface area contributed by atoms with Crippen molar-refractivity contribution in [2.45, 2.75) is 0 Å². The molecule has 0 spiro atoms. The molecule has 0 heterocycles. The van der Waals surface area contributed by atoms with E-state index in [9.17, 15) is 0 Å². The number of nitrogens with zero attached hydrogens (tertiary/aromatic N) is 4. The standard InChI is InChI=1S/3Ge.4N/q3*+4;4*-3. The fourth-order valence-corrected chi connectivity index (χ4v) is 0. The Kier molecular flexibility index (Phi) is 4530. The third-order valence-electron chi connectivity index (χ3n) is 0. The molecule has 0 saturated heterocycles. The molecule has 0 aromatic carbocycles. The summed E-state index contributed by atoms with van der Waals surface area (Å²) in [4.78, 5) is 0. The minimum Gasteiger partial charge on any atom is -3.00 e. The van der Waals surface area contributed by atoms with Gasteiger partial charge in [-0.1, -0.05) is 0 Å². The van der Waals surface area contributed by atoms with Crippen LogP contribution in [0.15, 0.2) is 0 Å². The Morgan fingerprint density at radius 3 is 0.286 bits per heavy atom. The maximum absolute atomic E-state index is 0. The Labute approximate surface area is 77.2 Å². The minimum absolute atomic E-state index is 0. The second-order valence-corrected chi connectivity index (χ2v) is 0. The van der Waals surface area contributed by atoms with Crippen LogP contribution in [0.4, 0.5) is 0 Å². The summed E-state index contributed by atoms with van der Waals surface area (Å²) in [5.41, 5.74) is 0. The monoisotopic (exact) mass is 278 g/mol. The van der Waals surface area contributed by atoms with Crippen molar-refractivity contribution in [2.24, 2.45) is 0 Å². The van der Waals surface area contributed by atoms with E-state index in [1.165, 1.54) is 0 Å². The number of hydrogen-bond acceptors (Lipinski definition) is 0. The fraction of sp³-hybridized carbons (Fsp3) is 0. The van der Waals surface area contributed by atoms with Gasteiger partial charge in [-0.25, -0.2) is 0 Å². The van der Waals surface area contributed by atoms with Gasteiger partial charge in [0.15, 0.2) is 0 Å². The van der Waals surface area contributed by atoms with Crippen molar-refractivity contribution < 1.29 is 0 Å². The third kappa shape index (κ3) is 104. The van der Waals surface area contributed by atoms with Crippen molar-refractivity contribution in [3.8, 4) is 0 Å². The van der Waals surface area contributed by atoms with E-state index in [0.29, 0.717) is 0 Å². The molecule has 0 N–H and O–H groups in total. The molecule has 0 aromatic rings. The summed E-state index contributed by atoms with van der Waals surface area (Å²) in [7, 11) is 0. The van der Waals surface area contributed by atoms with Gasteiger partial charge in [0.1, 0.15) is 0 Å². The van der Waals surface area contributed by atoms with Gasteiger partial charge in [0.2, 0.25) is 0 Å². The fourth-order valence-electron chi connectivity index (χ4n) is 0.